The van der Waals surface area contributed by atoms with Crippen molar-refractivity contribution in [2.24, 2.45) is 0 Å². The van der Waals surface area contributed by atoms with E-state index in [4.69, 9.17) is 0 Å². The SMILES string of the molecule is O=Pc1c(O)ccc(O)c1C1CCCCCCC1c1c(O)ccc(O)c1P=O. The maximum atomic E-state index is 11.8. The minimum Gasteiger partial charge on any atom is -0.508 e. The van der Waals surface area contributed by atoms with E-state index in [0.717, 1.165) is 25.7 Å². The molecule has 0 aromatic heterocycles. The number of aromatic hydroxyl groups is 4. The van der Waals surface area contributed by atoms with Crippen LogP contribution >= 0.6 is 16.9 Å². The number of phenolic OH excluding ortho intramolecular Hbond substituents is 4. The first-order valence-corrected chi connectivity index (χ1v) is 10.9. The lowest BCUT2D eigenvalue weighted by molar-refractivity contribution is 0.375. The van der Waals surface area contributed by atoms with Crippen LogP contribution in [0.25, 0.3) is 0 Å². The summed E-state index contributed by atoms with van der Waals surface area (Å²) in [6.07, 6.45) is 4.99. The van der Waals surface area contributed by atoms with Gasteiger partial charge in [-0.15, -0.1) is 0 Å². The average molecular weight is 420 g/mol. The average Bonchev–Trinajstić information content (AvgIpc) is 2.66. The minimum absolute atomic E-state index is 0.0763. The smallest absolute Gasteiger partial charge is 0.196 e. The maximum absolute atomic E-state index is 11.8. The molecule has 4 N–H and O–H groups in total. The van der Waals surface area contributed by atoms with E-state index in [9.17, 15) is 29.6 Å². The first-order valence-electron chi connectivity index (χ1n) is 9.26. The molecule has 2 aromatic carbocycles. The van der Waals surface area contributed by atoms with E-state index in [1.807, 2.05) is 0 Å². The van der Waals surface area contributed by atoms with Crippen molar-refractivity contribution in [2.75, 3.05) is 0 Å². The third-order valence-electron chi connectivity index (χ3n) is 5.54. The Labute approximate surface area is 166 Å². The highest BCUT2D eigenvalue weighted by atomic mass is 31.1. The van der Waals surface area contributed by atoms with Gasteiger partial charge in [-0.25, -0.2) is 0 Å². The molecule has 0 radical (unpaired) electrons. The summed E-state index contributed by atoms with van der Waals surface area (Å²) in [5.74, 6) is -1.23. The van der Waals surface area contributed by atoms with E-state index < -0.39 is 16.9 Å². The van der Waals surface area contributed by atoms with Gasteiger partial charge >= 0.3 is 0 Å². The second-order valence-corrected chi connectivity index (χ2v) is 8.38. The summed E-state index contributed by atoms with van der Waals surface area (Å²) in [7, 11) is -0.830. The Kier molecular flexibility index (Phi) is 6.53. The summed E-state index contributed by atoms with van der Waals surface area (Å²) in [4.78, 5) is 0. The lowest BCUT2D eigenvalue weighted by Gasteiger charge is -2.32. The van der Waals surface area contributed by atoms with E-state index in [1.54, 1.807) is 0 Å². The number of benzene rings is 2. The van der Waals surface area contributed by atoms with E-state index in [1.165, 1.54) is 24.3 Å². The number of hydrogen-bond donors (Lipinski definition) is 4. The first kappa shape index (κ1) is 20.6. The van der Waals surface area contributed by atoms with Crippen LogP contribution in [0.15, 0.2) is 24.3 Å². The molecule has 2 atom stereocenters. The van der Waals surface area contributed by atoms with E-state index in [-0.39, 0.29) is 45.4 Å². The highest BCUT2D eigenvalue weighted by molar-refractivity contribution is 7.34. The van der Waals surface area contributed by atoms with Gasteiger partial charge in [0.2, 0.25) is 0 Å². The van der Waals surface area contributed by atoms with E-state index in [0.29, 0.717) is 24.0 Å². The molecule has 6 nitrogen and oxygen atoms in total. The van der Waals surface area contributed by atoms with Gasteiger partial charge in [-0.3, -0.25) is 9.13 Å². The molecule has 8 heteroatoms. The van der Waals surface area contributed by atoms with Crippen LogP contribution in [-0.2, 0) is 9.13 Å². The molecule has 1 saturated carbocycles. The fourth-order valence-corrected chi connectivity index (χ4v) is 5.36. The molecule has 1 fully saturated rings. The predicted octanol–water partition coefficient (Wildman–Crippen LogP) is 4.56. The molecule has 0 amide bonds. The summed E-state index contributed by atoms with van der Waals surface area (Å²) < 4.78 is 23.5. The third-order valence-corrected chi connectivity index (χ3v) is 6.84. The summed E-state index contributed by atoms with van der Waals surface area (Å²) in [6, 6.07) is 5.32. The minimum atomic E-state index is -0.415. The zero-order valence-electron chi connectivity index (χ0n) is 15.2. The Morgan fingerprint density at radius 1 is 0.607 bits per heavy atom. The molecule has 1 aliphatic rings. The van der Waals surface area contributed by atoms with Gasteiger partial charge in [0, 0.05) is 11.1 Å². The number of hydrogen-bond acceptors (Lipinski definition) is 6. The topological polar surface area (TPSA) is 115 Å². The molecular weight excluding hydrogens is 398 g/mol. The van der Waals surface area contributed by atoms with Crippen molar-refractivity contribution >= 4 is 27.5 Å². The predicted molar refractivity (Wildman–Crippen MR) is 107 cm³/mol. The lowest BCUT2D eigenvalue weighted by Crippen LogP contribution is -2.22. The normalized spacial score (nSPS) is 20.7. The molecule has 0 heterocycles. The van der Waals surface area contributed by atoms with Gasteiger partial charge in [0.05, 0.1) is 10.6 Å². The van der Waals surface area contributed by atoms with Crippen molar-refractivity contribution in [1.29, 1.82) is 0 Å². The van der Waals surface area contributed by atoms with Crippen LogP contribution in [0.3, 0.4) is 0 Å². The fraction of sp³-hybridized carbons (Fsp3) is 0.400. The molecular formula is C20H22O6P2. The molecule has 0 saturated heterocycles. The zero-order valence-corrected chi connectivity index (χ0v) is 17.0. The summed E-state index contributed by atoms with van der Waals surface area (Å²) in [5.41, 5.74) is 0.750. The second kappa shape index (κ2) is 8.89. The van der Waals surface area contributed by atoms with E-state index in [2.05, 4.69) is 0 Å². The van der Waals surface area contributed by atoms with Crippen molar-refractivity contribution in [1.82, 2.24) is 0 Å². The van der Waals surface area contributed by atoms with Crippen LogP contribution in [0, 0.1) is 0 Å². The van der Waals surface area contributed by atoms with Crippen LogP contribution in [-0.4, -0.2) is 20.4 Å². The lowest BCUT2D eigenvalue weighted by atomic mass is 9.73. The molecule has 1 aliphatic carbocycles. The molecule has 28 heavy (non-hydrogen) atoms. The molecule has 3 rings (SSSR count). The van der Waals surface area contributed by atoms with Crippen molar-refractivity contribution in [2.45, 2.75) is 50.4 Å². The number of phenols is 4. The first-order chi connectivity index (χ1) is 13.5. The molecule has 148 valence electrons. The van der Waals surface area contributed by atoms with Crippen LogP contribution in [0.5, 0.6) is 23.0 Å². The molecule has 0 aliphatic heterocycles. The van der Waals surface area contributed by atoms with Crippen molar-refractivity contribution < 1.29 is 29.6 Å². The van der Waals surface area contributed by atoms with Gasteiger partial charge in [0.15, 0.2) is 16.9 Å². The van der Waals surface area contributed by atoms with Crippen LogP contribution in [0.1, 0.15) is 61.5 Å². The van der Waals surface area contributed by atoms with Crippen LogP contribution in [0.4, 0.5) is 0 Å². The summed E-state index contributed by atoms with van der Waals surface area (Å²) in [6.45, 7) is 0. The second-order valence-electron chi connectivity index (χ2n) is 7.12. The Morgan fingerprint density at radius 2 is 0.964 bits per heavy atom. The van der Waals surface area contributed by atoms with Crippen molar-refractivity contribution in [3.05, 3.63) is 35.4 Å². The summed E-state index contributed by atoms with van der Waals surface area (Å²) >= 11 is 0. The zero-order chi connectivity index (χ0) is 20.3. The van der Waals surface area contributed by atoms with Gasteiger partial charge < -0.3 is 20.4 Å². The fourth-order valence-electron chi connectivity index (χ4n) is 4.27. The Balaban J connectivity index is 2.24. The molecule has 0 spiro atoms. The summed E-state index contributed by atoms with van der Waals surface area (Å²) in [5, 5.41) is 41.7. The Bertz CT molecular complexity index is 825. The van der Waals surface area contributed by atoms with Gasteiger partial charge in [-0.05, 0) is 48.9 Å². The quantitative estimate of drug-likeness (QED) is 0.426. The van der Waals surface area contributed by atoms with Crippen molar-refractivity contribution in [3.63, 3.8) is 0 Å². The Morgan fingerprint density at radius 3 is 1.32 bits per heavy atom. The molecule has 2 unspecified atom stereocenters. The van der Waals surface area contributed by atoms with Gasteiger partial charge in [-0.2, -0.15) is 0 Å². The standard InChI is InChI=1S/C20H22O6P2/c21-13-7-9-15(23)19(27-25)17(13)11-5-3-1-2-4-6-12(11)18-14(22)8-10-16(24)20(18)28-26/h7-12,21-24H,1-6H2. The monoisotopic (exact) mass is 420 g/mol. The number of rotatable bonds is 4. The largest absolute Gasteiger partial charge is 0.508 e. The maximum Gasteiger partial charge on any atom is 0.196 e. The van der Waals surface area contributed by atoms with Gasteiger partial charge in [0.1, 0.15) is 23.0 Å². The van der Waals surface area contributed by atoms with E-state index >= 15 is 0 Å². The highest BCUT2D eigenvalue weighted by Crippen LogP contribution is 2.48. The molecule has 2 aromatic rings. The van der Waals surface area contributed by atoms with Crippen molar-refractivity contribution in [3.8, 4) is 23.0 Å². The third kappa shape index (κ3) is 3.85. The van der Waals surface area contributed by atoms with Gasteiger partial charge in [0.25, 0.3) is 0 Å². The van der Waals surface area contributed by atoms with Gasteiger partial charge in [-0.1, -0.05) is 25.7 Å². The van der Waals surface area contributed by atoms with Crippen LogP contribution < -0.4 is 10.6 Å². The van der Waals surface area contributed by atoms with Crippen LogP contribution in [0.2, 0.25) is 0 Å². The Hall–Kier alpha value is -2.16. The highest BCUT2D eigenvalue weighted by Gasteiger charge is 2.34. The molecule has 0 bridgehead atoms.